The van der Waals surface area contributed by atoms with Crippen molar-refractivity contribution in [3.63, 3.8) is 0 Å². The van der Waals surface area contributed by atoms with Crippen molar-refractivity contribution in [1.29, 1.82) is 0 Å². The van der Waals surface area contributed by atoms with Crippen LogP contribution in [0.1, 0.15) is 39.7 Å². The summed E-state index contributed by atoms with van der Waals surface area (Å²) < 4.78 is 5.92. The molecule has 1 amide bonds. The van der Waals surface area contributed by atoms with Crippen molar-refractivity contribution >= 4 is 39.1 Å². The summed E-state index contributed by atoms with van der Waals surface area (Å²) in [4.78, 5) is 42.0. The minimum Gasteiger partial charge on any atom is -0.464 e. The largest absolute Gasteiger partial charge is 0.464 e. The molecule has 28 heavy (non-hydrogen) atoms. The van der Waals surface area contributed by atoms with E-state index in [-0.39, 0.29) is 22.1 Å². The lowest BCUT2D eigenvalue weighted by atomic mass is 10.1. The molecule has 0 spiro atoms. The highest BCUT2D eigenvalue weighted by Gasteiger charge is 2.22. The summed E-state index contributed by atoms with van der Waals surface area (Å²) in [7, 11) is 2.78. The monoisotopic (exact) mass is 400 g/mol. The number of aryl methyl sites for hydroxylation is 1. The van der Waals surface area contributed by atoms with E-state index in [4.69, 9.17) is 4.74 Å². The van der Waals surface area contributed by atoms with Crippen LogP contribution in [-0.4, -0.2) is 33.8 Å². The number of fused-ring (bicyclic) bond motifs is 1. The number of rotatable bonds is 5. The molecule has 8 nitrogen and oxygen atoms in total. The van der Waals surface area contributed by atoms with Crippen LogP contribution in [0.25, 0.3) is 10.8 Å². The summed E-state index contributed by atoms with van der Waals surface area (Å²) >= 11 is 1.23. The molecule has 0 atom stereocenters. The molecule has 1 aromatic carbocycles. The third-order valence-corrected chi connectivity index (χ3v) is 5.05. The van der Waals surface area contributed by atoms with Crippen LogP contribution in [0.15, 0.2) is 29.1 Å². The molecule has 3 rings (SSSR count). The Morgan fingerprint density at radius 3 is 2.54 bits per heavy atom. The second-order valence-corrected chi connectivity index (χ2v) is 7.74. The molecule has 0 aliphatic rings. The number of methoxy groups -OCH3 is 1. The van der Waals surface area contributed by atoms with Crippen molar-refractivity contribution in [2.24, 2.45) is 13.0 Å². The highest BCUT2D eigenvalue weighted by Crippen LogP contribution is 2.27. The number of nitrogens with zero attached hydrogens (tertiary/aromatic N) is 3. The molecule has 9 heteroatoms. The van der Waals surface area contributed by atoms with Crippen LogP contribution in [-0.2, 0) is 18.2 Å². The van der Waals surface area contributed by atoms with Crippen molar-refractivity contribution in [3.05, 3.63) is 50.9 Å². The van der Waals surface area contributed by atoms with Crippen molar-refractivity contribution in [1.82, 2.24) is 14.8 Å². The van der Waals surface area contributed by atoms with Gasteiger partial charge in [-0.15, -0.1) is 11.3 Å². The smallest absolute Gasteiger partial charge is 0.357 e. The number of amides is 1. The van der Waals surface area contributed by atoms with Crippen LogP contribution in [0, 0.1) is 5.92 Å². The molecular formula is C19H20N4O4S. The second kappa shape index (κ2) is 7.89. The van der Waals surface area contributed by atoms with E-state index in [0.717, 1.165) is 9.56 Å². The zero-order valence-corrected chi connectivity index (χ0v) is 16.8. The second-order valence-electron chi connectivity index (χ2n) is 6.66. The number of carbonyl (C=O) groups excluding carboxylic acids is 2. The van der Waals surface area contributed by atoms with Gasteiger partial charge in [0.25, 0.3) is 11.5 Å². The molecule has 146 valence electrons. The van der Waals surface area contributed by atoms with Crippen molar-refractivity contribution in [3.8, 4) is 0 Å². The average molecular weight is 400 g/mol. The first-order valence-corrected chi connectivity index (χ1v) is 9.48. The van der Waals surface area contributed by atoms with Crippen molar-refractivity contribution in [2.75, 3.05) is 12.4 Å². The predicted octanol–water partition coefficient (Wildman–Crippen LogP) is 2.63. The first-order chi connectivity index (χ1) is 13.3. The van der Waals surface area contributed by atoms with E-state index in [2.05, 4.69) is 15.4 Å². The van der Waals surface area contributed by atoms with E-state index in [0.29, 0.717) is 23.1 Å². The van der Waals surface area contributed by atoms with Gasteiger partial charge in [0, 0.05) is 17.3 Å². The van der Waals surface area contributed by atoms with Gasteiger partial charge in [-0.2, -0.15) is 5.10 Å². The summed E-state index contributed by atoms with van der Waals surface area (Å²) in [5.74, 6) is -0.743. The summed E-state index contributed by atoms with van der Waals surface area (Å²) in [6.45, 7) is 4.05. The highest BCUT2D eigenvalue weighted by atomic mass is 32.1. The van der Waals surface area contributed by atoms with Crippen LogP contribution in [0.3, 0.4) is 0 Å². The maximum Gasteiger partial charge on any atom is 0.357 e. The summed E-state index contributed by atoms with van der Waals surface area (Å²) in [5, 5.41) is 7.93. The Morgan fingerprint density at radius 1 is 1.21 bits per heavy atom. The fourth-order valence-corrected chi connectivity index (χ4v) is 3.95. The van der Waals surface area contributed by atoms with Crippen LogP contribution in [0.2, 0.25) is 0 Å². The number of thiazole rings is 1. The lowest BCUT2D eigenvalue weighted by Gasteiger charge is -2.07. The molecule has 0 fully saturated rings. The normalized spacial score (nSPS) is 11.0. The number of ether oxygens (including phenoxy) is 1. The van der Waals surface area contributed by atoms with Gasteiger partial charge in [0.2, 0.25) is 0 Å². The first-order valence-electron chi connectivity index (χ1n) is 8.67. The molecule has 0 saturated carbocycles. The molecule has 0 bridgehead atoms. The van der Waals surface area contributed by atoms with E-state index in [1.54, 1.807) is 24.3 Å². The molecule has 2 heterocycles. The number of hydrogen-bond donors (Lipinski definition) is 1. The Morgan fingerprint density at radius 2 is 1.89 bits per heavy atom. The third kappa shape index (κ3) is 3.79. The molecule has 1 N–H and O–H groups in total. The van der Waals surface area contributed by atoms with Crippen LogP contribution >= 0.6 is 11.3 Å². The molecular weight excluding hydrogens is 380 g/mol. The van der Waals surface area contributed by atoms with E-state index < -0.39 is 11.9 Å². The molecule has 0 aliphatic carbocycles. The minimum absolute atomic E-state index is 0.109. The molecule has 0 radical (unpaired) electrons. The summed E-state index contributed by atoms with van der Waals surface area (Å²) in [6, 6.07) is 6.78. The van der Waals surface area contributed by atoms with Gasteiger partial charge >= 0.3 is 5.97 Å². The maximum atomic E-state index is 12.8. The van der Waals surface area contributed by atoms with Crippen LogP contribution < -0.4 is 10.9 Å². The summed E-state index contributed by atoms with van der Waals surface area (Å²) in [6.07, 6.45) is 0.638. The standard InChI is InChI=1S/C19H20N4O4S/c1-10(2)9-13-15(18(26)27-4)20-19(28-13)21-16(24)14-11-7-5-6-8-12(11)17(25)23(3)22-14/h5-8,10H,9H2,1-4H3,(H,20,21,24). The Hall–Kier alpha value is -3.07. The van der Waals surface area contributed by atoms with Gasteiger partial charge in [-0.3, -0.25) is 14.9 Å². The van der Waals surface area contributed by atoms with E-state index >= 15 is 0 Å². The number of aromatic nitrogens is 3. The lowest BCUT2D eigenvalue weighted by molar-refractivity contribution is 0.0593. The highest BCUT2D eigenvalue weighted by molar-refractivity contribution is 7.16. The number of nitrogens with one attached hydrogen (secondary N) is 1. The molecule has 0 saturated heterocycles. The van der Waals surface area contributed by atoms with Gasteiger partial charge in [0.1, 0.15) is 0 Å². The number of carbonyl (C=O) groups is 2. The average Bonchev–Trinajstić information content (AvgIpc) is 3.05. The van der Waals surface area contributed by atoms with Gasteiger partial charge < -0.3 is 4.74 Å². The van der Waals surface area contributed by atoms with Gasteiger partial charge in [-0.05, 0) is 18.4 Å². The zero-order valence-electron chi connectivity index (χ0n) is 16.0. The molecule has 0 aliphatic heterocycles. The van der Waals surface area contributed by atoms with Crippen LogP contribution in [0.4, 0.5) is 5.13 Å². The Balaban J connectivity index is 1.99. The van der Waals surface area contributed by atoms with E-state index in [1.807, 2.05) is 13.8 Å². The molecule has 0 unspecified atom stereocenters. The van der Waals surface area contributed by atoms with E-state index in [9.17, 15) is 14.4 Å². The third-order valence-electron chi connectivity index (χ3n) is 4.06. The van der Waals surface area contributed by atoms with Crippen LogP contribution in [0.5, 0.6) is 0 Å². The molecule has 2 aromatic heterocycles. The molecule has 3 aromatic rings. The quantitative estimate of drug-likeness (QED) is 0.661. The number of benzene rings is 1. The Bertz CT molecular complexity index is 1120. The van der Waals surface area contributed by atoms with Gasteiger partial charge in [-0.25, -0.2) is 14.5 Å². The Labute approximate surface area is 165 Å². The van der Waals surface area contributed by atoms with E-state index in [1.165, 1.54) is 25.5 Å². The lowest BCUT2D eigenvalue weighted by Crippen LogP contribution is -2.25. The number of anilines is 1. The summed E-state index contributed by atoms with van der Waals surface area (Å²) in [5.41, 5.74) is 0.0290. The predicted molar refractivity (Wildman–Crippen MR) is 107 cm³/mol. The number of hydrogen-bond acceptors (Lipinski definition) is 7. The number of esters is 1. The van der Waals surface area contributed by atoms with Gasteiger partial charge in [0.05, 0.1) is 12.5 Å². The van der Waals surface area contributed by atoms with Crippen molar-refractivity contribution < 1.29 is 14.3 Å². The fourth-order valence-electron chi connectivity index (χ4n) is 2.79. The fraction of sp³-hybridized carbons (Fsp3) is 0.316. The minimum atomic E-state index is -0.543. The van der Waals surface area contributed by atoms with Crippen molar-refractivity contribution in [2.45, 2.75) is 20.3 Å². The van der Waals surface area contributed by atoms with Gasteiger partial charge in [-0.1, -0.05) is 32.0 Å². The maximum absolute atomic E-state index is 12.8. The van der Waals surface area contributed by atoms with Gasteiger partial charge in [0.15, 0.2) is 16.5 Å². The zero-order chi connectivity index (χ0) is 20.4. The topological polar surface area (TPSA) is 103 Å². The Kier molecular flexibility index (Phi) is 5.55. The SMILES string of the molecule is COC(=O)c1nc(NC(=O)c2nn(C)c(=O)c3ccccc23)sc1CC(C)C. The first kappa shape index (κ1) is 19.7.